The lowest BCUT2D eigenvalue weighted by Gasteiger charge is -2.26. The van der Waals surface area contributed by atoms with E-state index in [1.54, 1.807) is 0 Å². The first-order valence-corrected chi connectivity index (χ1v) is 7.12. The molecule has 0 spiro atoms. The van der Waals surface area contributed by atoms with Crippen molar-refractivity contribution in [3.63, 3.8) is 0 Å². The van der Waals surface area contributed by atoms with Crippen LogP contribution in [0.25, 0.3) is 0 Å². The van der Waals surface area contributed by atoms with Gasteiger partial charge in [0, 0.05) is 24.5 Å². The van der Waals surface area contributed by atoms with Crippen molar-refractivity contribution >= 4 is 5.91 Å². The molecule has 17 heavy (non-hydrogen) atoms. The number of hydrogen-bond acceptors (Lipinski definition) is 2. The quantitative estimate of drug-likeness (QED) is 0.807. The zero-order valence-corrected chi connectivity index (χ0v) is 11.0. The van der Waals surface area contributed by atoms with Crippen LogP contribution >= 0.6 is 0 Å². The summed E-state index contributed by atoms with van der Waals surface area (Å²) < 4.78 is 0. The third-order valence-electron chi connectivity index (χ3n) is 4.66. The maximum Gasteiger partial charge on any atom is 0.226 e. The Morgan fingerprint density at radius 2 is 2.06 bits per heavy atom. The van der Waals surface area contributed by atoms with Crippen LogP contribution in [0.4, 0.5) is 0 Å². The maximum atomic E-state index is 12.5. The van der Waals surface area contributed by atoms with Crippen molar-refractivity contribution in [1.82, 2.24) is 10.2 Å². The van der Waals surface area contributed by atoms with E-state index >= 15 is 0 Å². The number of carbonyl (C=O) groups is 1. The number of nitrogens with one attached hydrogen (secondary N) is 1. The summed E-state index contributed by atoms with van der Waals surface area (Å²) in [4.78, 5) is 14.7. The van der Waals surface area contributed by atoms with Crippen LogP contribution in [-0.2, 0) is 4.79 Å². The first-order chi connectivity index (χ1) is 8.08. The Balaban J connectivity index is 1.61. The largest absolute Gasteiger partial charge is 0.338 e. The van der Waals surface area contributed by atoms with E-state index in [0.29, 0.717) is 23.9 Å². The molecule has 3 nitrogen and oxygen atoms in total. The standard InChI is InChI=1S/C14H24N2O/c1-14(2)8-12(14)13(17)16(11-5-6-11)9-10-4-3-7-15-10/h10-12,15H,3-9H2,1-2H3. The van der Waals surface area contributed by atoms with Crippen molar-refractivity contribution < 1.29 is 4.79 Å². The molecule has 1 saturated heterocycles. The van der Waals surface area contributed by atoms with Gasteiger partial charge in [0.1, 0.15) is 0 Å². The molecule has 0 aromatic heterocycles. The molecule has 1 N–H and O–H groups in total. The summed E-state index contributed by atoms with van der Waals surface area (Å²) in [6, 6.07) is 1.13. The molecule has 3 fully saturated rings. The lowest BCUT2D eigenvalue weighted by atomic mass is 10.1. The summed E-state index contributed by atoms with van der Waals surface area (Å²) in [6.07, 6.45) is 6.06. The van der Waals surface area contributed by atoms with Gasteiger partial charge in [0.15, 0.2) is 0 Å². The minimum atomic E-state index is 0.271. The summed E-state index contributed by atoms with van der Waals surface area (Å²) in [5.74, 6) is 0.746. The fourth-order valence-electron chi connectivity index (χ4n) is 3.04. The van der Waals surface area contributed by atoms with Gasteiger partial charge in [0.25, 0.3) is 0 Å². The van der Waals surface area contributed by atoms with Crippen LogP contribution < -0.4 is 5.32 Å². The molecule has 0 aromatic rings. The number of carbonyl (C=O) groups excluding carboxylic acids is 1. The lowest BCUT2D eigenvalue weighted by molar-refractivity contribution is -0.134. The second-order valence-electron chi connectivity index (χ2n) is 6.76. The highest BCUT2D eigenvalue weighted by Gasteiger charge is 2.53. The Kier molecular flexibility index (Phi) is 2.69. The zero-order valence-electron chi connectivity index (χ0n) is 11.0. The predicted molar refractivity (Wildman–Crippen MR) is 67.6 cm³/mol. The Morgan fingerprint density at radius 1 is 1.35 bits per heavy atom. The SMILES string of the molecule is CC1(C)CC1C(=O)N(CC1CCCN1)C1CC1. The average molecular weight is 236 g/mol. The molecule has 2 saturated carbocycles. The summed E-state index contributed by atoms with van der Waals surface area (Å²) in [6.45, 7) is 6.52. The van der Waals surface area contributed by atoms with E-state index in [1.165, 1.54) is 25.7 Å². The summed E-state index contributed by atoms with van der Waals surface area (Å²) in [5, 5.41) is 3.51. The van der Waals surface area contributed by atoms with Crippen molar-refractivity contribution in [2.45, 2.75) is 58.0 Å². The molecule has 1 aliphatic heterocycles. The number of nitrogens with zero attached hydrogens (tertiary/aromatic N) is 1. The molecule has 96 valence electrons. The van der Waals surface area contributed by atoms with Gasteiger partial charge in [0.2, 0.25) is 5.91 Å². The monoisotopic (exact) mass is 236 g/mol. The molecule has 3 rings (SSSR count). The van der Waals surface area contributed by atoms with Crippen LogP contribution in [0.5, 0.6) is 0 Å². The third kappa shape index (κ3) is 2.35. The Hall–Kier alpha value is -0.570. The van der Waals surface area contributed by atoms with Crippen LogP contribution in [0.15, 0.2) is 0 Å². The smallest absolute Gasteiger partial charge is 0.226 e. The molecule has 3 aliphatic rings. The van der Waals surface area contributed by atoms with Gasteiger partial charge in [-0.25, -0.2) is 0 Å². The average Bonchev–Trinajstić information content (AvgIpc) is 3.15. The zero-order chi connectivity index (χ0) is 12.0. The van der Waals surface area contributed by atoms with E-state index < -0.39 is 0 Å². The minimum absolute atomic E-state index is 0.271. The molecule has 0 aromatic carbocycles. The minimum Gasteiger partial charge on any atom is -0.338 e. The molecule has 0 bridgehead atoms. The van der Waals surface area contributed by atoms with E-state index in [4.69, 9.17) is 0 Å². The van der Waals surface area contributed by atoms with Gasteiger partial charge in [-0.2, -0.15) is 0 Å². The Bertz CT molecular complexity index is 316. The molecule has 2 atom stereocenters. The van der Waals surface area contributed by atoms with Gasteiger partial charge in [-0.1, -0.05) is 13.8 Å². The van der Waals surface area contributed by atoms with Gasteiger partial charge in [0.05, 0.1) is 0 Å². The lowest BCUT2D eigenvalue weighted by Crippen LogP contribution is -2.43. The molecule has 2 unspecified atom stereocenters. The van der Waals surface area contributed by atoms with Gasteiger partial charge in [-0.05, 0) is 44.1 Å². The molecule has 3 heteroatoms. The summed E-state index contributed by atoms with van der Waals surface area (Å²) in [5.41, 5.74) is 0.271. The van der Waals surface area contributed by atoms with Crippen molar-refractivity contribution in [3.8, 4) is 0 Å². The fourth-order valence-corrected chi connectivity index (χ4v) is 3.04. The van der Waals surface area contributed by atoms with Gasteiger partial charge >= 0.3 is 0 Å². The first-order valence-electron chi connectivity index (χ1n) is 7.12. The molecule has 2 aliphatic carbocycles. The van der Waals surface area contributed by atoms with E-state index in [1.807, 2.05) is 0 Å². The summed E-state index contributed by atoms with van der Waals surface area (Å²) >= 11 is 0. The molecule has 0 radical (unpaired) electrons. The Morgan fingerprint density at radius 3 is 2.53 bits per heavy atom. The van der Waals surface area contributed by atoms with Crippen molar-refractivity contribution in [3.05, 3.63) is 0 Å². The van der Waals surface area contributed by atoms with Crippen molar-refractivity contribution in [2.75, 3.05) is 13.1 Å². The molecule has 1 amide bonds. The maximum absolute atomic E-state index is 12.5. The van der Waals surface area contributed by atoms with Crippen LogP contribution in [0, 0.1) is 11.3 Å². The van der Waals surface area contributed by atoms with Crippen LogP contribution in [0.2, 0.25) is 0 Å². The van der Waals surface area contributed by atoms with E-state index in [-0.39, 0.29) is 5.41 Å². The second-order valence-corrected chi connectivity index (χ2v) is 6.76. The van der Waals surface area contributed by atoms with Crippen molar-refractivity contribution in [1.29, 1.82) is 0 Å². The van der Waals surface area contributed by atoms with Crippen LogP contribution in [0.1, 0.15) is 46.0 Å². The number of amides is 1. The molecular formula is C14H24N2O. The highest BCUT2D eigenvalue weighted by atomic mass is 16.2. The van der Waals surface area contributed by atoms with Gasteiger partial charge in [-0.3, -0.25) is 4.79 Å². The van der Waals surface area contributed by atoms with E-state index in [0.717, 1.165) is 19.5 Å². The van der Waals surface area contributed by atoms with Crippen LogP contribution in [-0.4, -0.2) is 36.0 Å². The molecule has 1 heterocycles. The topological polar surface area (TPSA) is 32.3 Å². The summed E-state index contributed by atoms with van der Waals surface area (Å²) in [7, 11) is 0. The predicted octanol–water partition coefficient (Wildman–Crippen LogP) is 1.78. The normalized spacial score (nSPS) is 34.7. The third-order valence-corrected chi connectivity index (χ3v) is 4.66. The second kappa shape index (κ2) is 3.98. The Labute approximate surface area is 104 Å². The van der Waals surface area contributed by atoms with Crippen LogP contribution in [0.3, 0.4) is 0 Å². The highest BCUT2D eigenvalue weighted by Crippen LogP contribution is 2.53. The van der Waals surface area contributed by atoms with E-state index in [2.05, 4.69) is 24.1 Å². The van der Waals surface area contributed by atoms with Gasteiger partial charge in [-0.15, -0.1) is 0 Å². The fraction of sp³-hybridized carbons (Fsp3) is 0.929. The first kappa shape index (κ1) is 11.5. The van der Waals surface area contributed by atoms with E-state index in [9.17, 15) is 4.79 Å². The molecular weight excluding hydrogens is 212 g/mol. The number of rotatable bonds is 4. The number of hydrogen-bond donors (Lipinski definition) is 1. The van der Waals surface area contributed by atoms with Gasteiger partial charge < -0.3 is 10.2 Å². The van der Waals surface area contributed by atoms with Crippen molar-refractivity contribution in [2.24, 2.45) is 11.3 Å². The highest BCUT2D eigenvalue weighted by molar-refractivity contribution is 5.83.